The van der Waals surface area contributed by atoms with Gasteiger partial charge in [0.15, 0.2) is 11.4 Å². The topological polar surface area (TPSA) is 65.8 Å². The van der Waals surface area contributed by atoms with Crippen LogP contribution in [0.1, 0.15) is 65.3 Å². The van der Waals surface area contributed by atoms with Crippen LogP contribution in [0.25, 0.3) is 0 Å². The molecule has 0 radical (unpaired) electrons. The number of aryl methyl sites for hydroxylation is 1. The number of carbonyl (C=O) groups excluding carboxylic acids is 1. The summed E-state index contributed by atoms with van der Waals surface area (Å²) in [6.45, 7) is 0. The predicted molar refractivity (Wildman–Crippen MR) is 126 cm³/mol. The Morgan fingerprint density at radius 1 is 0.848 bits per heavy atom. The van der Waals surface area contributed by atoms with Crippen LogP contribution in [0.2, 0.25) is 0 Å². The third kappa shape index (κ3) is 3.08. The molecular weight excluding hydrogens is 414 g/mol. The number of rotatable bonds is 2. The second-order valence-corrected chi connectivity index (χ2v) is 9.28. The zero-order valence-electron chi connectivity index (χ0n) is 18.4. The number of nitrogens with zero attached hydrogens (tertiary/aromatic N) is 3. The van der Waals surface area contributed by atoms with Crippen LogP contribution in [-0.4, -0.2) is 32.8 Å². The smallest absolute Gasteiger partial charge is 0.278 e. The van der Waals surface area contributed by atoms with Crippen molar-refractivity contribution in [3.8, 4) is 5.75 Å². The van der Waals surface area contributed by atoms with Gasteiger partial charge in [-0.2, -0.15) is 0 Å². The number of hydrogen-bond donors (Lipinski definition) is 1. The second kappa shape index (κ2) is 7.80. The first kappa shape index (κ1) is 20.1. The zero-order valence-corrected chi connectivity index (χ0v) is 18.4. The van der Waals surface area contributed by atoms with Crippen molar-refractivity contribution in [3.63, 3.8) is 0 Å². The van der Waals surface area contributed by atoms with Gasteiger partial charge in [-0.05, 0) is 55.2 Å². The van der Waals surface area contributed by atoms with E-state index in [0.717, 1.165) is 44.1 Å². The van der Waals surface area contributed by atoms with Gasteiger partial charge in [0.25, 0.3) is 5.91 Å². The first-order valence-corrected chi connectivity index (χ1v) is 11.8. The molecule has 2 atom stereocenters. The quantitative estimate of drug-likeness (QED) is 0.654. The maximum atomic E-state index is 13.7. The van der Waals surface area contributed by atoms with Crippen LogP contribution in [0, 0.1) is 0 Å². The molecule has 2 aliphatic heterocycles. The van der Waals surface area contributed by atoms with E-state index in [1.54, 1.807) is 10.9 Å². The van der Waals surface area contributed by atoms with E-state index in [1.165, 1.54) is 17.2 Å². The van der Waals surface area contributed by atoms with Crippen molar-refractivity contribution in [1.82, 2.24) is 9.58 Å². The molecule has 2 aromatic carbocycles. The van der Waals surface area contributed by atoms with Crippen LogP contribution in [0.3, 0.4) is 0 Å². The van der Waals surface area contributed by atoms with E-state index in [1.807, 2.05) is 23.1 Å². The monoisotopic (exact) mass is 441 g/mol. The maximum Gasteiger partial charge on any atom is 0.278 e. The molecule has 1 fully saturated rings. The first-order chi connectivity index (χ1) is 16.1. The molecule has 0 saturated heterocycles. The van der Waals surface area contributed by atoms with Crippen molar-refractivity contribution in [3.05, 3.63) is 99.5 Å². The van der Waals surface area contributed by atoms with Crippen molar-refractivity contribution < 1.29 is 9.90 Å². The molecule has 0 bridgehead atoms. The number of benzene rings is 2. The molecule has 3 aromatic rings. The fraction of sp³-hybridized carbons (Fsp3) is 0.333. The summed E-state index contributed by atoms with van der Waals surface area (Å²) in [6.07, 6.45) is 7.25. The van der Waals surface area contributed by atoms with Crippen molar-refractivity contribution in [2.75, 3.05) is 5.01 Å². The number of aromatic hydroxyl groups is 1. The van der Waals surface area contributed by atoms with Gasteiger partial charge in [-0.3, -0.25) is 19.3 Å². The van der Waals surface area contributed by atoms with Gasteiger partial charge in [0, 0.05) is 18.3 Å². The Hall–Kier alpha value is -3.54. The average Bonchev–Trinajstić information content (AvgIpc) is 2.79. The summed E-state index contributed by atoms with van der Waals surface area (Å²) in [5.74, 6) is -0.704. The van der Waals surface area contributed by atoms with Crippen LogP contribution in [0.15, 0.2) is 71.7 Å². The van der Waals surface area contributed by atoms with Gasteiger partial charge in [-0.25, -0.2) is 0 Å². The van der Waals surface area contributed by atoms with Crippen LogP contribution in [0.5, 0.6) is 5.75 Å². The van der Waals surface area contributed by atoms with E-state index in [-0.39, 0.29) is 29.9 Å². The van der Waals surface area contributed by atoms with Crippen LogP contribution < -0.4 is 10.4 Å². The highest BCUT2D eigenvalue weighted by Gasteiger charge is 2.47. The molecular formula is C27H27N3O3. The third-order valence-electron chi connectivity index (χ3n) is 7.47. The molecule has 3 aliphatic rings. The van der Waals surface area contributed by atoms with E-state index in [2.05, 4.69) is 41.4 Å². The van der Waals surface area contributed by atoms with Crippen molar-refractivity contribution in [2.45, 2.75) is 56.8 Å². The normalized spacial score (nSPS) is 22.5. The number of amides is 1. The number of aromatic nitrogens is 1. The second-order valence-electron chi connectivity index (χ2n) is 9.28. The molecule has 1 aliphatic carbocycles. The van der Waals surface area contributed by atoms with Crippen molar-refractivity contribution in [2.24, 2.45) is 0 Å². The summed E-state index contributed by atoms with van der Waals surface area (Å²) in [7, 11) is 0. The Bertz CT molecular complexity index is 1270. The molecule has 168 valence electrons. The lowest BCUT2D eigenvalue weighted by Crippen LogP contribution is -2.66. The lowest BCUT2D eigenvalue weighted by molar-refractivity contribution is 0.0248. The van der Waals surface area contributed by atoms with Gasteiger partial charge in [0.1, 0.15) is 6.17 Å². The molecule has 0 spiro atoms. The standard InChI is InChI=1S/C27H27N3O3/c31-22-16-17-28-25(26(22)32)27(33)29(20-12-7-13-20)23-15-6-11-18-8-4-5-14-21(18)24(30(23)28)19-9-2-1-3-10-19/h1-5,8-10,14,16-17,20,23-24,32H,6-7,11-13,15H2/t23-,24+/m0/s1. The molecule has 6 heteroatoms. The molecule has 6 nitrogen and oxygen atoms in total. The Morgan fingerprint density at radius 2 is 1.61 bits per heavy atom. The Morgan fingerprint density at radius 3 is 2.36 bits per heavy atom. The summed E-state index contributed by atoms with van der Waals surface area (Å²) in [6, 6.07) is 20.1. The molecule has 1 aromatic heterocycles. The van der Waals surface area contributed by atoms with Gasteiger partial charge in [0.05, 0.1) is 6.04 Å². The van der Waals surface area contributed by atoms with E-state index in [0.29, 0.717) is 0 Å². The number of fused-ring (bicyclic) bond motifs is 4. The van der Waals surface area contributed by atoms with E-state index >= 15 is 0 Å². The number of pyridine rings is 1. The van der Waals surface area contributed by atoms with Gasteiger partial charge in [-0.15, -0.1) is 0 Å². The van der Waals surface area contributed by atoms with Gasteiger partial charge >= 0.3 is 0 Å². The lowest BCUT2D eigenvalue weighted by atomic mass is 9.86. The van der Waals surface area contributed by atoms with Gasteiger partial charge in [0.2, 0.25) is 5.43 Å². The molecule has 0 unspecified atom stereocenters. The Kier molecular flexibility index (Phi) is 4.75. The summed E-state index contributed by atoms with van der Waals surface area (Å²) >= 11 is 0. The van der Waals surface area contributed by atoms with Crippen LogP contribution in [0.4, 0.5) is 0 Å². The third-order valence-corrected chi connectivity index (χ3v) is 7.47. The van der Waals surface area contributed by atoms with Crippen molar-refractivity contribution >= 4 is 5.91 Å². The van der Waals surface area contributed by atoms with E-state index in [9.17, 15) is 14.7 Å². The van der Waals surface area contributed by atoms with Crippen LogP contribution >= 0.6 is 0 Å². The fourth-order valence-corrected chi connectivity index (χ4v) is 5.69. The fourth-order valence-electron chi connectivity index (χ4n) is 5.69. The van der Waals surface area contributed by atoms with Gasteiger partial charge < -0.3 is 10.0 Å². The predicted octanol–water partition coefficient (Wildman–Crippen LogP) is 3.95. The SMILES string of the molecule is O=C1c2c(O)c(=O)ccn2N2[C@H](c3ccccc3)c3ccccc3CCC[C@H]2N1C1CCC1. The zero-order chi connectivity index (χ0) is 22.5. The highest BCUT2D eigenvalue weighted by Crippen LogP contribution is 2.41. The average molecular weight is 442 g/mol. The summed E-state index contributed by atoms with van der Waals surface area (Å²) < 4.78 is 1.75. The summed E-state index contributed by atoms with van der Waals surface area (Å²) in [5.41, 5.74) is 3.16. The molecule has 1 saturated carbocycles. The summed E-state index contributed by atoms with van der Waals surface area (Å²) in [4.78, 5) is 28.1. The lowest BCUT2D eigenvalue weighted by Gasteiger charge is -2.54. The molecule has 3 heterocycles. The Balaban J connectivity index is 1.64. The molecule has 1 N–H and O–H groups in total. The highest BCUT2D eigenvalue weighted by atomic mass is 16.3. The van der Waals surface area contributed by atoms with E-state index < -0.39 is 11.2 Å². The number of carbonyl (C=O) groups is 1. The molecule has 33 heavy (non-hydrogen) atoms. The molecule has 6 rings (SSSR count). The minimum Gasteiger partial charge on any atom is -0.502 e. The van der Waals surface area contributed by atoms with Crippen molar-refractivity contribution in [1.29, 1.82) is 0 Å². The summed E-state index contributed by atoms with van der Waals surface area (Å²) in [5, 5.41) is 13.0. The highest BCUT2D eigenvalue weighted by molar-refractivity contribution is 5.96. The first-order valence-electron chi connectivity index (χ1n) is 11.8. The maximum absolute atomic E-state index is 13.7. The van der Waals surface area contributed by atoms with Crippen LogP contribution in [-0.2, 0) is 6.42 Å². The largest absolute Gasteiger partial charge is 0.502 e. The van der Waals surface area contributed by atoms with E-state index in [4.69, 9.17) is 0 Å². The molecule has 1 amide bonds. The van der Waals surface area contributed by atoms with Gasteiger partial charge in [-0.1, -0.05) is 54.6 Å². The minimum atomic E-state index is -0.523. The number of hydrogen-bond acceptors (Lipinski definition) is 4. The minimum absolute atomic E-state index is 0.0737. The Labute approximate surface area is 192 Å².